The molecule has 0 saturated carbocycles. The molecule has 2 aromatic rings. The van der Waals surface area contributed by atoms with E-state index in [0.717, 1.165) is 0 Å². The zero-order chi connectivity index (χ0) is 14.9. The monoisotopic (exact) mass is 276 g/mol. The van der Waals surface area contributed by atoms with Crippen molar-refractivity contribution < 1.29 is 25.5 Å². The summed E-state index contributed by atoms with van der Waals surface area (Å²) in [4.78, 5) is 0. The van der Waals surface area contributed by atoms with Crippen LogP contribution in [0.25, 0.3) is 0 Å². The first kappa shape index (κ1) is 13.9. The van der Waals surface area contributed by atoms with Crippen LogP contribution >= 0.6 is 0 Å². The van der Waals surface area contributed by atoms with Gasteiger partial charge < -0.3 is 25.5 Å². The molecule has 0 amide bonds. The molecule has 5 N–H and O–H groups in total. The number of phenolic OH excluding ortho intramolecular Hbond substituents is 5. The fraction of sp³-hybridized carbons (Fsp3) is 0.200. The fourth-order valence-corrected chi connectivity index (χ4v) is 2.30. The number of benzene rings is 2. The van der Waals surface area contributed by atoms with Crippen molar-refractivity contribution in [1.29, 1.82) is 0 Å². The van der Waals surface area contributed by atoms with Crippen LogP contribution in [-0.2, 0) is 0 Å². The zero-order valence-electron chi connectivity index (χ0n) is 10.9. The lowest BCUT2D eigenvalue weighted by Crippen LogP contribution is -2.00. The average Bonchev–Trinajstić information content (AvgIpc) is 2.41. The quantitative estimate of drug-likeness (QED) is 0.555. The molecule has 1 unspecified atom stereocenters. The largest absolute Gasteiger partial charge is 0.508 e. The lowest BCUT2D eigenvalue weighted by atomic mass is 9.87. The molecule has 5 heteroatoms. The molecule has 20 heavy (non-hydrogen) atoms. The molecule has 0 heterocycles. The van der Waals surface area contributed by atoms with Crippen LogP contribution in [0.5, 0.6) is 28.7 Å². The molecule has 0 radical (unpaired) electrons. The maximum absolute atomic E-state index is 9.95. The highest BCUT2D eigenvalue weighted by Crippen LogP contribution is 2.45. The van der Waals surface area contributed by atoms with Gasteiger partial charge in [0.05, 0.1) is 0 Å². The molecule has 5 nitrogen and oxygen atoms in total. The van der Waals surface area contributed by atoms with Gasteiger partial charge in [-0.3, -0.25) is 0 Å². The smallest absolute Gasteiger partial charge is 0.200 e. The van der Waals surface area contributed by atoms with Gasteiger partial charge in [-0.1, -0.05) is 19.1 Å². The predicted octanol–water partition coefficient (Wildman–Crippen LogP) is 2.76. The Kier molecular flexibility index (Phi) is 3.61. The summed E-state index contributed by atoms with van der Waals surface area (Å²) >= 11 is 0. The van der Waals surface area contributed by atoms with Gasteiger partial charge in [-0.15, -0.1) is 0 Å². The SMILES string of the molecule is CCC(c1ccc(O)cc1O)c1ccc(O)c(O)c1O. The van der Waals surface area contributed by atoms with E-state index in [-0.39, 0.29) is 17.4 Å². The van der Waals surface area contributed by atoms with Crippen LogP contribution in [0, 0.1) is 0 Å². The molecule has 0 aliphatic heterocycles. The van der Waals surface area contributed by atoms with Crippen LogP contribution in [0.15, 0.2) is 30.3 Å². The summed E-state index contributed by atoms with van der Waals surface area (Å²) in [5.41, 5.74) is 0.912. The zero-order valence-corrected chi connectivity index (χ0v) is 10.9. The van der Waals surface area contributed by atoms with E-state index in [0.29, 0.717) is 17.5 Å². The van der Waals surface area contributed by atoms with Crippen LogP contribution in [0.4, 0.5) is 0 Å². The number of rotatable bonds is 3. The van der Waals surface area contributed by atoms with Crippen molar-refractivity contribution in [1.82, 2.24) is 0 Å². The van der Waals surface area contributed by atoms with Gasteiger partial charge in [0, 0.05) is 23.1 Å². The van der Waals surface area contributed by atoms with Gasteiger partial charge >= 0.3 is 0 Å². The molecule has 0 bridgehead atoms. The molecule has 2 rings (SSSR count). The Hall–Kier alpha value is -2.56. The third-order valence-electron chi connectivity index (χ3n) is 3.33. The molecule has 1 atom stereocenters. The molecular weight excluding hydrogens is 260 g/mol. The minimum Gasteiger partial charge on any atom is -0.508 e. The van der Waals surface area contributed by atoms with Crippen molar-refractivity contribution in [2.24, 2.45) is 0 Å². The highest BCUT2D eigenvalue weighted by atomic mass is 16.3. The Morgan fingerprint density at radius 1 is 0.800 bits per heavy atom. The van der Waals surface area contributed by atoms with Gasteiger partial charge in [-0.05, 0) is 18.6 Å². The second-order valence-electron chi connectivity index (χ2n) is 4.58. The predicted molar refractivity (Wildman–Crippen MR) is 73.3 cm³/mol. The summed E-state index contributed by atoms with van der Waals surface area (Å²) in [6.45, 7) is 1.86. The van der Waals surface area contributed by atoms with Crippen LogP contribution < -0.4 is 0 Å². The maximum Gasteiger partial charge on any atom is 0.200 e. The van der Waals surface area contributed by atoms with E-state index in [9.17, 15) is 25.5 Å². The first-order valence-electron chi connectivity index (χ1n) is 6.21. The number of hydrogen-bond donors (Lipinski definition) is 5. The summed E-state index contributed by atoms with van der Waals surface area (Å²) in [7, 11) is 0. The van der Waals surface area contributed by atoms with Crippen molar-refractivity contribution in [3.8, 4) is 28.7 Å². The fourth-order valence-electron chi connectivity index (χ4n) is 2.30. The Morgan fingerprint density at radius 3 is 2.05 bits per heavy atom. The summed E-state index contributed by atoms with van der Waals surface area (Å²) in [6.07, 6.45) is 0.552. The summed E-state index contributed by atoms with van der Waals surface area (Å²) in [6, 6.07) is 6.99. The molecule has 2 aromatic carbocycles. The van der Waals surface area contributed by atoms with Crippen molar-refractivity contribution in [3.63, 3.8) is 0 Å². The minimum absolute atomic E-state index is 0.0566. The summed E-state index contributed by atoms with van der Waals surface area (Å²) < 4.78 is 0. The first-order valence-corrected chi connectivity index (χ1v) is 6.21. The van der Waals surface area contributed by atoms with E-state index >= 15 is 0 Å². The molecule has 106 valence electrons. The second-order valence-corrected chi connectivity index (χ2v) is 4.58. The van der Waals surface area contributed by atoms with Crippen LogP contribution in [-0.4, -0.2) is 25.5 Å². The van der Waals surface area contributed by atoms with Crippen molar-refractivity contribution in [2.75, 3.05) is 0 Å². The Morgan fingerprint density at radius 2 is 1.45 bits per heavy atom. The van der Waals surface area contributed by atoms with E-state index in [2.05, 4.69) is 0 Å². The van der Waals surface area contributed by atoms with Gasteiger partial charge in [0.25, 0.3) is 0 Å². The number of phenols is 5. The van der Waals surface area contributed by atoms with Crippen molar-refractivity contribution in [2.45, 2.75) is 19.3 Å². The van der Waals surface area contributed by atoms with Gasteiger partial charge in [0.2, 0.25) is 5.75 Å². The van der Waals surface area contributed by atoms with Gasteiger partial charge in [-0.25, -0.2) is 0 Å². The highest BCUT2D eigenvalue weighted by Gasteiger charge is 2.22. The number of aromatic hydroxyl groups is 5. The van der Waals surface area contributed by atoms with Crippen LogP contribution in [0.1, 0.15) is 30.4 Å². The standard InChI is InChI=1S/C15H16O5/c1-2-9(10-4-3-8(16)7-13(10)18)11-5-6-12(17)15(20)14(11)19/h3-7,9,16-20H,2H2,1H3. The normalized spacial score (nSPS) is 12.2. The van der Waals surface area contributed by atoms with E-state index < -0.39 is 17.2 Å². The van der Waals surface area contributed by atoms with Crippen molar-refractivity contribution >= 4 is 0 Å². The molecule has 0 fully saturated rings. The van der Waals surface area contributed by atoms with E-state index in [1.165, 1.54) is 24.3 Å². The van der Waals surface area contributed by atoms with Crippen molar-refractivity contribution in [3.05, 3.63) is 41.5 Å². The van der Waals surface area contributed by atoms with Crippen LogP contribution in [0.3, 0.4) is 0 Å². The summed E-state index contributed by atoms with van der Waals surface area (Å²) in [5, 5.41) is 48.1. The van der Waals surface area contributed by atoms with E-state index in [1.54, 1.807) is 6.07 Å². The van der Waals surface area contributed by atoms with E-state index in [4.69, 9.17) is 0 Å². The molecule has 0 aromatic heterocycles. The topological polar surface area (TPSA) is 101 Å². The maximum atomic E-state index is 9.95. The molecule has 0 spiro atoms. The minimum atomic E-state index is -0.584. The Balaban J connectivity index is 2.55. The molecule has 0 aliphatic rings. The number of hydrogen-bond acceptors (Lipinski definition) is 5. The first-order chi connectivity index (χ1) is 9.45. The van der Waals surface area contributed by atoms with Gasteiger partial charge in [0.1, 0.15) is 11.5 Å². The molecule has 0 aliphatic carbocycles. The van der Waals surface area contributed by atoms with Gasteiger partial charge in [-0.2, -0.15) is 0 Å². The Bertz CT molecular complexity index is 636. The van der Waals surface area contributed by atoms with E-state index in [1.807, 2.05) is 6.92 Å². The average molecular weight is 276 g/mol. The third-order valence-corrected chi connectivity index (χ3v) is 3.33. The Labute approximate surface area is 116 Å². The van der Waals surface area contributed by atoms with Crippen LogP contribution in [0.2, 0.25) is 0 Å². The highest BCUT2D eigenvalue weighted by molar-refractivity contribution is 5.57. The van der Waals surface area contributed by atoms with Gasteiger partial charge in [0.15, 0.2) is 11.5 Å². The third kappa shape index (κ3) is 2.30. The lowest BCUT2D eigenvalue weighted by Gasteiger charge is -2.19. The molecular formula is C15H16O5. The second kappa shape index (κ2) is 5.21. The summed E-state index contributed by atoms with van der Waals surface area (Å²) in [5.74, 6) is -1.93. The lowest BCUT2D eigenvalue weighted by molar-refractivity contribution is 0.363. The molecule has 0 saturated heterocycles.